The van der Waals surface area contributed by atoms with Crippen molar-refractivity contribution in [2.24, 2.45) is 0 Å². The first-order valence-corrected chi connectivity index (χ1v) is 11.7. The molecular weight excluding hydrogens is 408 g/mol. The minimum atomic E-state index is -3.80. The maximum absolute atomic E-state index is 14.5. The third-order valence-electron chi connectivity index (χ3n) is 5.90. The molecule has 5 heteroatoms. The topological polar surface area (TPSA) is 52.6 Å². The van der Waals surface area contributed by atoms with Crippen LogP contribution in [0.3, 0.4) is 0 Å². The number of para-hydroxylation sites is 4. The molecule has 4 nitrogen and oxygen atoms in total. The van der Waals surface area contributed by atoms with E-state index in [1.54, 1.807) is 0 Å². The van der Waals surface area contributed by atoms with Gasteiger partial charge in [-0.3, -0.25) is 0 Å². The molecule has 2 heterocycles. The summed E-state index contributed by atoms with van der Waals surface area (Å²) in [7, 11) is -3.80. The molecule has 0 aliphatic carbocycles. The Bertz CT molecular complexity index is 1230. The Hall–Kier alpha value is -3.57. The lowest BCUT2D eigenvalue weighted by Gasteiger charge is -2.34. The SMILES string of the molecule is O=S(=O)(C1c2ccccc2Oc2ccccc21)C1c2ccccc2Oc2ccccc21. The van der Waals surface area contributed by atoms with Gasteiger partial charge in [-0.25, -0.2) is 8.42 Å². The zero-order valence-corrected chi connectivity index (χ0v) is 17.3. The number of benzene rings is 4. The summed E-state index contributed by atoms with van der Waals surface area (Å²) in [6.07, 6.45) is 0. The second-order valence-corrected chi connectivity index (χ2v) is 9.83. The minimum absolute atomic E-state index is 0.573. The molecule has 0 radical (unpaired) electrons. The van der Waals surface area contributed by atoms with Crippen LogP contribution in [0.2, 0.25) is 0 Å². The molecule has 152 valence electrons. The van der Waals surface area contributed by atoms with Crippen molar-refractivity contribution in [1.82, 2.24) is 0 Å². The average Bonchev–Trinajstić information content (AvgIpc) is 2.80. The number of hydrogen-bond donors (Lipinski definition) is 0. The van der Waals surface area contributed by atoms with Crippen LogP contribution in [0.15, 0.2) is 97.1 Å². The van der Waals surface area contributed by atoms with Gasteiger partial charge < -0.3 is 9.47 Å². The quantitative estimate of drug-likeness (QED) is 0.383. The van der Waals surface area contributed by atoms with Crippen LogP contribution in [0.1, 0.15) is 32.8 Å². The zero-order valence-electron chi connectivity index (χ0n) is 16.4. The summed E-state index contributed by atoms with van der Waals surface area (Å²) in [5.41, 5.74) is 2.62. The number of sulfone groups is 1. The maximum atomic E-state index is 14.5. The molecule has 0 unspecified atom stereocenters. The van der Waals surface area contributed by atoms with Crippen molar-refractivity contribution in [3.8, 4) is 23.0 Å². The van der Waals surface area contributed by atoms with Crippen LogP contribution >= 0.6 is 0 Å². The van der Waals surface area contributed by atoms with Crippen LogP contribution in [0, 0.1) is 0 Å². The van der Waals surface area contributed by atoms with Gasteiger partial charge in [0.1, 0.15) is 33.5 Å². The van der Waals surface area contributed by atoms with E-state index in [0.717, 1.165) is 0 Å². The van der Waals surface area contributed by atoms with Gasteiger partial charge in [0.15, 0.2) is 9.84 Å². The summed E-state index contributed by atoms with van der Waals surface area (Å²) in [5.74, 6) is 2.29. The van der Waals surface area contributed by atoms with Crippen LogP contribution in [-0.4, -0.2) is 8.42 Å². The van der Waals surface area contributed by atoms with Crippen molar-refractivity contribution < 1.29 is 17.9 Å². The summed E-state index contributed by atoms with van der Waals surface area (Å²) in [6, 6.07) is 29.5. The fourth-order valence-electron chi connectivity index (χ4n) is 4.58. The van der Waals surface area contributed by atoms with Crippen LogP contribution in [0.25, 0.3) is 0 Å². The standard InChI is InChI=1S/C26H18O4S/c27-31(28,25-17-9-1-5-13-21(17)29-22-14-6-2-10-18(22)25)26-19-11-3-7-15-23(19)30-24-16-8-4-12-20(24)26/h1-16,25-26H. The molecule has 0 atom stereocenters. The largest absolute Gasteiger partial charge is 0.457 e. The van der Waals surface area contributed by atoms with Crippen molar-refractivity contribution in [3.05, 3.63) is 119 Å². The monoisotopic (exact) mass is 426 g/mol. The maximum Gasteiger partial charge on any atom is 0.173 e. The molecule has 4 aromatic rings. The molecule has 0 aromatic heterocycles. The van der Waals surface area contributed by atoms with Crippen LogP contribution < -0.4 is 9.47 Å². The lowest BCUT2D eigenvalue weighted by Crippen LogP contribution is -2.27. The van der Waals surface area contributed by atoms with Crippen molar-refractivity contribution >= 4 is 9.84 Å². The van der Waals surface area contributed by atoms with Gasteiger partial charge in [-0.2, -0.15) is 0 Å². The number of ether oxygens (including phenoxy) is 2. The molecule has 0 N–H and O–H groups in total. The van der Waals surface area contributed by atoms with E-state index in [1.165, 1.54) is 0 Å². The van der Waals surface area contributed by atoms with Crippen molar-refractivity contribution in [3.63, 3.8) is 0 Å². The van der Waals surface area contributed by atoms with E-state index in [0.29, 0.717) is 45.3 Å². The van der Waals surface area contributed by atoms with Gasteiger partial charge in [-0.1, -0.05) is 72.8 Å². The summed E-state index contributed by atoms with van der Waals surface area (Å²) >= 11 is 0. The smallest absolute Gasteiger partial charge is 0.173 e. The molecule has 2 aliphatic heterocycles. The third-order valence-corrected chi connectivity index (χ3v) is 8.23. The molecule has 0 saturated carbocycles. The van der Waals surface area contributed by atoms with Crippen LogP contribution in [0.4, 0.5) is 0 Å². The molecule has 6 rings (SSSR count). The Labute approximate surface area is 180 Å². The second kappa shape index (κ2) is 6.72. The molecule has 0 spiro atoms. The van der Waals surface area contributed by atoms with E-state index in [2.05, 4.69) is 0 Å². The second-order valence-electron chi connectivity index (χ2n) is 7.70. The average molecular weight is 426 g/mol. The van der Waals surface area contributed by atoms with Crippen molar-refractivity contribution in [2.45, 2.75) is 10.5 Å². The molecule has 2 aliphatic rings. The van der Waals surface area contributed by atoms with Gasteiger partial charge >= 0.3 is 0 Å². The highest BCUT2D eigenvalue weighted by atomic mass is 32.2. The fraction of sp³-hybridized carbons (Fsp3) is 0.0769. The van der Waals surface area contributed by atoms with E-state index in [1.807, 2.05) is 97.1 Å². The predicted molar refractivity (Wildman–Crippen MR) is 119 cm³/mol. The van der Waals surface area contributed by atoms with Crippen molar-refractivity contribution in [1.29, 1.82) is 0 Å². The number of rotatable bonds is 2. The number of hydrogen-bond acceptors (Lipinski definition) is 4. The first-order valence-electron chi connectivity index (χ1n) is 10.1. The van der Waals surface area contributed by atoms with E-state index in [4.69, 9.17) is 9.47 Å². The van der Waals surface area contributed by atoms with Gasteiger partial charge in [-0.15, -0.1) is 0 Å². The normalized spacial score (nSPS) is 15.0. The van der Waals surface area contributed by atoms with Gasteiger partial charge in [0.25, 0.3) is 0 Å². The summed E-state index contributed by atoms with van der Waals surface area (Å²) in [4.78, 5) is 0. The molecule has 0 fully saturated rings. The van der Waals surface area contributed by atoms with Gasteiger partial charge in [0, 0.05) is 22.3 Å². The Kier molecular flexibility index (Phi) is 3.95. The summed E-state index contributed by atoms with van der Waals surface area (Å²) < 4.78 is 41.0. The molecule has 0 amide bonds. The predicted octanol–water partition coefficient (Wildman–Crippen LogP) is 6.19. The molecule has 0 saturated heterocycles. The highest BCUT2D eigenvalue weighted by Gasteiger charge is 2.45. The summed E-state index contributed by atoms with van der Waals surface area (Å²) in [5, 5.41) is -1.70. The highest BCUT2D eigenvalue weighted by Crippen LogP contribution is 2.54. The fourth-order valence-corrected chi connectivity index (χ4v) is 7.04. The van der Waals surface area contributed by atoms with Gasteiger partial charge in [0.2, 0.25) is 0 Å². The molecule has 31 heavy (non-hydrogen) atoms. The van der Waals surface area contributed by atoms with Crippen LogP contribution in [-0.2, 0) is 9.84 Å². The molecule has 0 bridgehead atoms. The Morgan fingerprint density at radius 2 is 0.710 bits per heavy atom. The van der Waals surface area contributed by atoms with E-state index in [-0.39, 0.29) is 0 Å². The van der Waals surface area contributed by atoms with E-state index in [9.17, 15) is 8.42 Å². The van der Waals surface area contributed by atoms with Crippen LogP contribution in [0.5, 0.6) is 23.0 Å². The van der Waals surface area contributed by atoms with Gasteiger partial charge in [0.05, 0.1) is 0 Å². The zero-order chi connectivity index (χ0) is 21.0. The third kappa shape index (κ3) is 2.70. The first kappa shape index (κ1) is 18.2. The highest BCUT2D eigenvalue weighted by molar-refractivity contribution is 7.92. The minimum Gasteiger partial charge on any atom is -0.457 e. The number of fused-ring (bicyclic) bond motifs is 4. The Morgan fingerprint density at radius 1 is 0.452 bits per heavy atom. The Balaban J connectivity index is 1.63. The van der Waals surface area contributed by atoms with E-state index >= 15 is 0 Å². The van der Waals surface area contributed by atoms with E-state index < -0.39 is 20.3 Å². The first-order chi connectivity index (χ1) is 15.1. The van der Waals surface area contributed by atoms with Crippen molar-refractivity contribution in [2.75, 3.05) is 0 Å². The molecule has 4 aromatic carbocycles. The Morgan fingerprint density at radius 3 is 1.00 bits per heavy atom. The lowest BCUT2D eigenvalue weighted by molar-refractivity contribution is 0.448. The summed E-state index contributed by atoms with van der Waals surface area (Å²) in [6.45, 7) is 0. The molecular formula is C26H18O4S. The van der Waals surface area contributed by atoms with Gasteiger partial charge in [-0.05, 0) is 24.3 Å². The lowest BCUT2D eigenvalue weighted by atomic mass is 9.99.